The molecular formula is C20H21N3O3. The summed E-state index contributed by atoms with van der Waals surface area (Å²) in [5, 5.41) is 2.75. The zero-order valence-corrected chi connectivity index (χ0v) is 14.6. The lowest BCUT2D eigenvalue weighted by molar-refractivity contribution is -0.118. The van der Waals surface area contributed by atoms with Crippen LogP contribution in [0.1, 0.15) is 22.0 Å². The van der Waals surface area contributed by atoms with E-state index in [9.17, 15) is 9.59 Å². The number of amides is 2. The molecule has 6 nitrogen and oxygen atoms in total. The van der Waals surface area contributed by atoms with Crippen LogP contribution in [-0.4, -0.2) is 54.9 Å². The van der Waals surface area contributed by atoms with Crippen molar-refractivity contribution < 1.29 is 14.3 Å². The molecule has 0 bridgehead atoms. The molecule has 1 atom stereocenters. The maximum atomic E-state index is 13.2. The molecule has 26 heavy (non-hydrogen) atoms. The Hall–Kier alpha value is -2.86. The van der Waals surface area contributed by atoms with Crippen molar-refractivity contribution in [2.45, 2.75) is 6.04 Å². The molecule has 2 aromatic carbocycles. The summed E-state index contributed by atoms with van der Waals surface area (Å²) >= 11 is 0. The normalized spacial score (nSPS) is 20.1. The molecule has 2 amide bonds. The van der Waals surface area contributed by atoms with Crippen LogP contribution >= 0.6 is 0 Å². The Bertz CT molecular complexity index is 837. The monoisotopic (exact) mass is 351 g/mol. The number of anilines is 1. The van der Waals surface area contributed by atoms with Crippen LogP contribution in [0, 0.1) is 0 Å². The Labute approximate surface area is 152 Å². The largest absolute Gasteiger partial charge is 0.482 e. The van der Waals surface area contributed by atoms with Crippen molar-refractivity contribution in [2.24, 2.45) is 0 Å². The highest BCUT2D eigenvalue weighted by Gasteiger charge is 2.31. The zero-order valence-electron chi connectivity index (χ0n) is 14.6. The first-order chi connectivity index (χ1) is 12.6. The van der Waals surface area contributed by atoms with Crippen molar-refractivity contribution in [3.8, 4) is 5.75 Å². The van der Waals surface area contributed by atoms with Gasteiger partial charge in [-0.15, -0.1) is 0 Å². The van der Waals surface area contributed by atoms with Crippen molar-refractivity contribution in [3.05, 3.63) is 59.7 Å². The van der Waals surface area contributed by atoms with Gasteiger partial charge in [0.15, 0.2) is 6.61 Å². The van der Waals surface area contributed by atoms with Crippen molar-refractivity contribution in [1.29, 1.82) is 0 Å². The van der Waals surface area contributed by atoms with E-state index in [1.807, 2.05) is 23.1 Å². The lowest BCUT2D eigenvalue weighted by Gasteiger charge is -2.40. The van der Waals surface area contributed by atoms with Crippen molar-refractivity contribution in [1.82, 2.24) is 9.80 Å². The van der Waals surface area contributed by atoms with Gasteiger partial charge >= 0.3 is 0 Å². The van der Waals surface area contributed by atoms with Crippen molar-refractivity contribution in [2.75, 3.05) is 38.6 Å². The average Bonchev–Trinajstić information content (AvgIpc) is 2.67. The summed E-state index contributed by atoms with van der Waals surface area (Å²) in [6, 6.07) is 15.3. The topological polar surface area (TPSA) is 61.9 Å². The van der Waals surface area contributed by atoms with E-state index in [1.54, 1.807) is 18.2 Å². The molecule has 2 aliphatic heterocycles. The number of carbonyl (C=O) groups is 2. The fraction of sp³-hybridized carbons (Fsp3) is 0.300. The SMILES string of the molecule is CN1CCN(C(=O)c2ccc3c(c2)OCC(=O)N3)[C@H](c2ccccc2)C1. The predicted octanol–water partition coefficient (Wildman–Crippen LogP) is 2.15. The number of nitrogens with one attached hydrogen (secondary N) is 1. The molecule has 0 radical (unpaired) electrons. The molecule has 1 saturated heterocycles. The van der Waals surface area contributed by atoms with Gasteiger partial charge in [-0.25, -0.2) is 0 Å². The number of benzene rings is 2. The lowest BCUT2D eigenvalue weighted by atomic mass is 10.0. The minimum absolute atomic E-state index is 0.0131. The maximum absolute atomic E-state index is 13.2. The summed E-state index contributed by atoms with van der Waals surface area (Å²) in [7, 11) is 2.08. The molecule has 0 saturated carbocycles. The molecule has 0 unspecified atom stereocenters. The Morgan fingerprint density at radius 3 is 2.77 bits per heavy atom. The first-order valence-electron chi connectivity index (χ1n) is 8.73. The smallest absolute Gasteiger partial charge is 0.262 e. The second-order valence-corrected chi connectivity index (χ2v) is 6.74. The highest BCUT2D eigenvalue weighted by Crippen LogP contribution is 2.31. The van der Waals surface area contributed by atoms with E-state index in [4.69, 9.17) is 4.74 Å². The maximum Gasteiger partial charge on any atom is 0.262 e. The third-order valence-corrected chi connectivity index (χ3v) is 4.89. The van der Waals surface area contributed by atoms with Gasteiger partial charge in [0.05, 0.1) is 11.7 Å². The number of ether oxygens (including phenoxy) is 1. The quantitative estimate of drug-likeness (QED) is 0.901. The van der Waals surface area contributed by atoms with E-state index in [0.717, 1.165) is 18.7 Å². The summed E-state index contributed by atoms with van der Waals surface area (Å²) in [5.74, 6) is 0.343. The van der Waals surface area contributed by atoms with E-state index < -0.39 is 0 Å². The van der Waals surface area contributed by atoms with Gasteiger partial charge in [0.2, 0.25) is 0 Å². The average molecular weight is 351 g/mol. The van der Waals surface area contributed by atoms with Crippen LogP contribution in [0.3, 0.4) is 0 Å². The summed E-state index contributed by atoms with van der Waals surface area (Å²) in [6.07, 6.45) is 0. The summed E-state index contributed by atoms with van der Waals surface area (Å²) in [5.41, 5.74) is 2.31. The molecule has 0 spiro atoms. The first-order valence-corrected chi connectivity index (χ1v) is 8.73. The van der Waals surface area contributed by atoms with Gasteiger partial charge in [-0.1, -0.05) is 30.3 Å². The third-order valence-electron chi connectivity index (χ3n) is 4.89. The Kier molecular flexibility index (Phi) is 4.34. The summed E-state index contributed by atoms with van der Waals surface area (Å²) < 4.78 is 5.45. The number of fused-ring (bicyclic) bond motifs is 1. The fourth-order valence-electron chi connectivity index (χ4n) is 3.50. The number of nitrogens with zero attached hydrogens (tertiary/aromatic N) is 2. The highest BCUT2D eigenvalue weighted by molar-refractivity contribution is 5.99. The van der Waals surface area contributed by atoms with E-state index in [2.05, 4.69) is 29.4 Å². The molecule has 2 heterocycles. The number of hydrogen-bond acceptors (Lipinski definition) is 4. The number of piperazine rings is 1. The van der Waals surface area contributed by atoms with E-state index in [0.29, 0.717) is 23.5 Å². The number of carbonyl (C=O) groups excluding carboxylic acids is 2. The number of rotatable bonds is 2. The molecule has 2 aliphatic rings. The summed E-state index contributed by atoms with van der Waals surface area (Å²) in [6.45, 7) is 2.29. The van der Waals surface area contributed by atoms with Crippen molar-refractivity contribution in [3.63, 3.8) is 0 Å². The molecule has 134 valence electrons. The highest BCUT2D eigenvalue weighted by atomic mass is 16.5. The Morgan fingerprint density at radius 1 is 1.15 bits per heavy atom. The molecule has 6 heteroatoms. The van der Waals surface area contributed by atoms with Gasteiger partial charge in [0.25, 0.3) is 11.8 Å². The van der Waals surface area contributed by atoms with Crippen LogP contribution < -0.4 is 10.1 Å². The van der Waals surface area contributed by atoms with Gasteiger partial charge in [0.1, 0.15) is 5.75 Å². The molecule has 4 rings (SSSR count). The molecule has 0 aliphatic carbocycles. The van der Waals surface area contributed by atoms with E-state index in [-0.39, 0.29) is 24.5 Å². The van der Waals surface area contributed by atoms with Crippen LogP contribution in [0.4, 0.5) is 5.69 Å². The zero-order chi connectivity index (χ0) is 18.1. The minimum Gasteiger partial charge on any atom is -0.482 e. The second kappa shape index (κ2) is 6.80. The Balaban J connectivity index is 1.62. The fourth-order valence-corrected chi connectivity index (χ4v) is 3.50. The number of hydrogen-bond donors (Lipinski definition) is 1. The second-order valence-electron chi connectivity index (χ2n) is 6.74. The van der Waals surface area contributed by atoms with Gasteiger partial charge in [-0.05, 0) is 30.8 Å². The van der Waals surface area contributed by atoms with Crippen LogP contribution in [-0.2, 0) is 4.79 Å². The van der Waals surface area contributed by atoms with Gasteiger partial charge < -0.3 is 19.9 Å². The van der Waals surface area contributed by atoms with E-state index >= 15 is 0 Å². The Morgan fingerprint density at radius 2 is 1.96 bits per heavy atom. The van der Waals surface area contributed by atoms with Gasteiger partial charge in [0, 0.05) is 25.2 Å². The standard InChI is InChI=1S/C20H21N3O3/c1-22-9-10-23(17(12-22)14-5-3-2-4-6-14)20(25)15-7-8-16-18(11-15)26-13-19(24)21-16/h2-8,11,17H,9-10,12-13H2,1H3,(H,21,24)/t17-/m0/s1. The predicted molar refractivity (Wildman–Crippen MR) is 98.3 cm³/mol. The summed E-state index contributed by atoms with van der Waals surface area (Å²) in [4.78, 5) is 28.8. The van der Waals surface area contributed by atoms with E-state index in [1.165, 1.54) is 0 Å². The molecular weight excluding hydrogens is 330 g/mol. The van der Waals surface area contributed by atoms with Gasteiger partial charge in [-0.2, -0.15) is 0 Å². The van der Waals surface area contributed by atoms with Crippen LogP contribution in [0.2, 0.25) is 0 Å². The van der Waals surface area contributed by atoms with Crippen molar-refractivity contribution >= 4 is 17.5 Å². The van der Waals surface area contributed by atoms with Crippen LogP contribution in [0.25, 0.3) is 0 Å². The first kappa shape index (κ1) is 16.6. The minimum atomic E-state index is -0.181. The van der Waals surface area contributed by atoms with Crippen LogP contribution in [0.5, 0.6) is 5.75 Å². The van der Waals surface area contributed by atoms with Gasteiger partial charge in [-0.3, -0.25) is 9.59 Å². The number of likely N-dealkylation sites (N-methyl/N-ethyl adjacent to an activating group) is 1. The lowest BCUT2D eigenvalue weighted by Crippen LogP contribution is -2.49. The molecule has 2 aromatic rings. The molecule has 1 N–H and O–H groups in total. The van der Waals surface area contributed by atoms with Crippen LogP contribution in [0.15, 0.2) is 48.5 Å². The third kappa shape index (κ3) is 3.15. The molecule has 1 fully saturated rings. The molecule has 0 aromatic heterocycles.